The van der Waals surface area contributed by atoms with Gasteiger partial charge in [-0.25, -0.2) is 8.42 Å². The number of sulfonamides is 1. The van der Waals surface area contributed by atoms with Crippen LogP contribution in [0.25, 0.3) is 0 Å². The molecule has 1 saturated heterocycles. The molecule has 1 aliphatic heterocycles. The van der Waals surface area contributed by atoms with Crippen LogP contribution in [0.15, 0.2) is 17.0 Å². The standard InChI is InChI=1S/C11H15ClN2O2S/c1-8-6-9(7-10(13)11(8)12)17(15,16)14-4-2-3-5-14/h6-7H,2-5,13H2,1H3. The second-order valence-electron chi connectivity index (χ2n) is 4.25. The highest BCUT2D eigenvalue weighted by molar-refractivity contribution is 7.89. The molecule has 17 heavy (non-hydrogen) atoms. The average Bonchev–Trinajstić information content (AvgIpc) is 2.79. The Morgan fingerprint density at radius 2 is 1.88 bits per heavy atom. The summed E-state index contributed by atoms with van der Waals surface area (Å²) in [6.45, 7) is 2.93. The predicted octanol–water partition coefficient (Wildman–Crippen LogP) is 2.02. The molecule has 6 heteroatoms. The monoisotopic (exact) mass is 274 g/mol. The Balaban J connectivity index is 2.46. The van der Waals surface area contributed by atoms with Crippen LogP contribution in [0.2, 0.25) is 5.02 Å². The maximum atomic E-state index is 12.3. The van der Waals surface area contributed by atoms with Crippen LogP contribution in [0, 0.1) is 6.92 Å². The molecule has 4 nitrogen and oxygen atoms in total. The Morgan fingerprint density at radius 3 is 2.41 bits per heavy atom. The summed E-state index contributed by atoms with van der Waals surface area (Å²) in [7, 11) is -3.41. The quantitative estimate of drug-likeness (QED) is 0.839. The third-order valence-electron chi connectivity index (χ3n) is 2.96. The van der Waals surface area contributed by atoms with E-state index in [1.165, 1.54) is 10.4 Å². The molecule has 1 aromatic rings. The van der Waals surface area contributed by atoms with Gasteiger partial charge in [-0.3, -0.25) is 0 Å². The van der Waals surface area contributed by atoms with Gasteiger partial charge in [-0.15, -0.1) is 0 Å². The lowest BCUT2D eigenvalue weighted by Crippen LogP contribution is -2.28. The molecule has 0 atom stereocenters. The van der Waals surface area contributed by atoms with Gasteiger partial charge in [-0.1, -0.05) is 11.6 Å². The summed E-state index contributed by atoms with van der Waals surface area (Å²) in [4.78, 5) is 0.235. The second-order valence-corrected chi connectivity index (χ2v) is 6.57. The molecule has 94 valence electrons. The highest BCUT2D eigenvalue weighted by atomic mass is 35.5. The molecular weight excluding hydrogens is 260 g/mol. The number of nitrogens with two attached hydrogens (primary N) is 1. The van der Waals surface area contributed by atoms with Crippen LogP contribution in [0.3, 0.4) is 0 Å². The van der Waals surface area contributed by atoms with E-state index in [1.807, 2.05) is 0 Å². The molecule has 0 aromatic heterocycles. The van der Waals surface area contributed by atoms with Crippen LogP contribution in [0.4, 0.5) is 5.69 Å². The van der Waals surface area contributed by atoms with Gasteiger partial charge in [0.25, 0.3) is 0 Å². The van der Waals surface area contributed by atoms with Crippen molar-refractivity contribution in [1.82, 2.24) is 4.31 Å². The number of hydrogen-bond donors (Lipinski definition) is 1. The van der Waals surface area contributed by atoms with Crippen LogP contribution in [0.1, 0.15) is 18.4 Å². The third-order valence-corrected chi connectivity index (χ3v) is 5.35. The first-order chi connectivity index (χ1) is 7.93. The van der Waals surface area contributed by atoms with Gasteiger partial charge >= 0.3 is 0 Å². The SMILES string of the molecule is Cc1cc(S(=O)(=O)N2CCCC2)cc(N)c1Cl. The molecule has 0 radical (unpaired) electrons. The van der Waals surface area contributed by atoms with Crippen LogP contribution < -0.4 is 5.73 Å². The highest BCUT2D eigenvalue weighted by Gasteiger charge is 2.27. The van der Waals surface area contributed by atoms with Crippen LogP contribution in [-0.4, -0.2) is 25.8 Å². The first-order valence-electron chi connectivity index (χ1n) is 5.48. The summed E-state index contributed by atoms with van der Waals surface area (Å²) in [5.41, 5.74) is 6.70. The van der Waals surface area contributed by atoms with Crippen molar-refractivity contribution in [2.75, 3.05) is 18.8 Å². The summed E-state index contributed by atoms with van der Waals surface area (Å²) in [6, 6.07) is 3.01. The molecule has 1 aromatic carbocycles. The fourth-order valence-electron chi connectivity index (χ4n) is 1.99. The zero-order chi connectivity index (χ0) is 12.6. The largest absolute Gasteiger partial charge is 0.397 e. The molecule has 0 bridgehead atoms. The number of halogens is 1. The van der Waals surface area contributed by atoms with E-state index in [4.69, 9.17) is 17.3 Å². The minimum absolute atomic E-state index is 0.235. The summed E-state index contributed by atoms with van der Waals surface area (Å²) in [5.74, 6) is 0. The topological polar surface area (TPSA) is 63.4 Å². The smallest absolute Gasteiger partial charge is 0.243 e. The van der Waals surface area contributed by atoms with Gasteiger partial charge in [0.2, 0.25) is 10.0 Å². The Labute approximate surface area is 106 Å². The summed E-state index contributed by atoms with van der Waals surface area (Å²) < 4.78 is 26.1. The van der Waals surface area contributed by atoms with Crippen molar-refractivity contribution in [3.05, 3.63) is 22.7 Å². The fraction of sp³-hybridized carbons (Fsp3) is 0.455. The van der Waals surface area contributed by atoms with E-state index >= 15 is 0 Å². The zero-order valence-electron chi connectivity index (χ0n) is 9.61. The van der Waals surface area contributed by atoms with E-state index in [1.54, 1.807) is 13.0 Å². The number of hydrogen-bond acceptors (Lipinski definition) is 3. The fourth-order valence-corrected chi connectivity index (χ4v) is 3.74. The Bertz CT molecular complexity index is 513. The average molecular weight is 275 g/mol. The molecule has 1 fully saturated rings. The zero-order valence-corrected chi connectivity index (χ0v) is 11.2. The molecule has 0 aliphatic carbocycles. The van der Waals surface area contributed by atoms with Crippen LogP contribution in [0.5, 0.6) is 0 Å². The van der Waals surface area contributed by atoms with Crippen molar-refractivity contribution in [1.29, 1.82) is 0 Å². The van der Waals surface area contributed by atoms with E-state index in [0.29, 0.717) is 29.4 Å². The van der Waals surface area contributed by atoms with Crippen molar-refractivity contribution in [3.63, 3.8) is 0 Å². The van der Waals surface area contributed by atoms with Crippen molar-refractivity contribution in [3.8, 4) is 0 Å². The van der Waals surface area contributed by atoms with Gasteiger partial charge in [-0.2, -0.15) is 4.31 Å². The summed E-state index contributed by atoms with van der Waals surface area (Å²) in [6.07, 6.45) is 1.84. The lowest BCUT2D eigenvalue weighted by Gasteiger charge is -2.16. The van der Waals surface area contributed by atoms with Gasteiger partial charge in [0.15, 0.2) is 0 Å². The van der Waals surface area contributed by atoms with Crippen molar-refractivity contribution >= 4 is 27.3 Å². The molecule has 0 amide bonds. The first kappa shape index (κ1) is 12.7. The lowest BCUT2D eigenvalue weighted by molar-refractivity contribution is 0.477. The van der Waals surface area contributed by atoms with Crippen molar-refractivity contribution in [2.24, 2.45) is 0 Å². The van der Waals surface area contributed by atoms with Crippen LogP contribution >= 0.6 is 11.6 Å². The maximum Gasteiger partial charge on any atom is 0.243 e. The molecule has 0 saturated carbocycles. The number of rotatable bonds is 2. The minimum Gasteiger partial charge on any atom is -0.397 e. The first-order valence-corrected chi connectivity index (χ1v) is 7.30. The third kappa shape index (κ3) is 2.27. The maximum absolute atomic E-state index is 12.3. The number of anilines is 1. The normalized spacial score (nSPS) is 17.5. The van der Waals surface area contributed by atoms with E-state index in [2.05, 4.69) is 0 Å². The predicted molar refractivity (Wildman–Crippen MR) is 68.6 cm³/mol. The highest BCUT2D eigenvalue weighted by Crippen LogP contribution is 2.29. The Kier molecular flexibility index (Phi) is 3.34. The molecule has 1 heterocycles. The lowest BCUT2D eigenvalue weighted by atomic mass is 10.2. The minimum atomic E-state index is -3.41. The summed E-state index contributed by atoms with van der Waals surface area (Å²) >= 11 is 5.93. The van der Waals surface area contributed by atoms with Gasteiger partial charge in [0.05, 0.1) is 15.6 Å². The molecule has 2 N–H and O–H groups in total. The van der Waals surface area contributed by atoms with E-state index in [0.717, 1.165) is 12.8 Å². The number of nitrogen functional groups attached to an aromatic ring is 1. The molecular formula is C11H15ClN2O2S. The van der Waals surface area contributed by atoms with Crippen molar-refractivity contribution < 1.29 is 8.42 Å². The van der Waals surface area contributed by atoms with Gasteiger partial charge < -0.3 is 5.73 Å². The molecule has 0 unspecified atom stereocenters. The van der Waals surface area contributed by atoms with Crippen LogP contribution in [-0.2, 0) is 10.0 Å². The second kappa shape index (κ2) is 4.48. The van der Waals surface area contributed by atoms with Crippen molar-refractivity contribution in [2.45, 2.75) is 24.7 Å². The van der Waals surface area contributed by atoms with E-state index in [9.17, 15) is 8.42 Å². The van der Waals surface area contributed by atoms with Gasteiger partial charge in [0.1, 0.15) is 0 Å². The molecule has 2 rings (SSSR count). The molecule has 0 spiro atoms. The number of benzene rings is 1. The number of aryl methyl sites for hydroxylation is 1. The molecule has 1 aliphatic rings. The van der Waals surface area contributed by atoms with E-state index < -0.39 is 10.0 Å². The summed E-state index contributed by atoms with van der Waals surface area (Å²) in [5, 5.41) is 0.422. The Morgan fingerprint density at radius 1 is 1.29 bits per heavy atom. The van der Waals surface area contributed by atoms with Gasteiger partial charge in [-0.05, 0) is 37.5 Å². The Hall–Kier alpha value is -0.780. The van der Waals surface area contributed by atoms with Gasteiger partial charge in [0, 0.05) is 13.1 Å². The number of nitrogens with zero attached hydrogens (tertiary/aromatic N) is 1. The van der Waals surface area contributed by atoms with E-state index in [-0.39, 0.29) is 4.90 Å².